The van der Waals surface area contributed by atoms with Crippen molar-refractivity contribution in [3.8, 4) is 0 Å². The molecule has 0 unspecified atom stereocenters. The number of piperidine rings is 1. The topological polar surface area (TPSA) is 58.6 Å². The van der Waals surface area contributed by atoms with Crippen molar-refractivity contribution in [2.75, 3.05) is 26.2 Å². The molecule has 1 aliphatic rings. The first-order chi connectivity index (χ1) is 8.54. The third kappa shape index (κ3) is 4.55. The molecule has 0 aromatic rings. The van der Waals surface area contributed by atoms with Crippen LogP contribution >= 0.6 is 0 Å². The highest BCUT2D eigenvalue weighted by molar-refractivity contribution is 5.80. The molecular weight excluding hydrogens is 232 g/mol. The number of amides is 2. The summed E-state index contributed by atoms with van der Waals surface area (Å²) >= 11 is 0. The van der Waals surface area contributed by atoms with E-state index in [0.717, 1.165) is 25.9 Å². The Balaban J connectivity index is 2.26. The Labute approximate surface area is 109 Å². The Hall–Kier alpha value is -1.26. The van der Waals surface area contributed by atoms with Crippen molar-refractivity contribution >= 4 is 12.0 Å². The fourth-order valence-corrected chi connectivity index (χ4v) is 2.24. The van der Waals surface area contributed by atoms with Gasteiger partial charge in [-0.05, 0) is 31.6 Å². The van der Waals surface area contributed by atoms with Gasteiger partial charge in [-0.25, -0.2) is 4.79 Å². The molecule has 1 fully saturated rings. The van der Waals surface area contributed by atoms with E-state index in [4.69, 9.17) is 4.74 Å². The van der Waals surface area contributed by atoms with Crippen LogP contribution in [-0.4, -0.2) is 43.1 Å². The highest BCUT2D eigenvalue weighted by Gasteiger charge is 2.24. The molecule has 0 atom stereocenters. The maximum Gasteiger partial charge on any atom is 0.325 e. The van der Waals surface area contributed by atoms with Crippen LogP contribution < -0.4 is 5.32 Å². The second-order valence-electron chi connectivity index (χ2n) is 5.03. The molecule has 0 spiro atoms. The Bertz CT molecular complexity index is 284. The SMILES string of the molecule is CCOC(=O)CNC(=O)N1CCC(C(C)C)CC1. The molecule has 1 N–H and O–H groups in total. The van der Waals surface area contributed by atoms with Crippen LogP contribution in [0.1, 0.15) is 33.6 Å². The lowest BCUT2D eigenvalue weighted by molar-refractivity contribution is -0.141. The summed E-state index contributed by atoms with van der Waals surface area (Å²) in [6.45, 7) is 8.04. The van der Waals surface area contributed by atoms with E-state index in [-0.39, 0.29) is 18.5 Å². The van der Waals surface area contributed by atoms with Crippen LogP contribution in [-0.2, 0) is 9.53 Å². The smallest absolute Gasteiger partial charge is 0.325 e. The van der Waals surface area contributed by atoms with E-state index in [1.54, 1.807) is 11.8 Å². The molecule has 2 amide bonds. The molecule has 104 valence electrons. The van der Waals surface area contributed by atoms with Gasteiger partial charge in [0.2, 0.25) is 0 Å². The van der Waals surface area contributed by atoms with Gasteiger partial charge >= 0.3 is 12.0 Å². The standard InChI is InChI=1S/C13H24N2O3/c1-4-18-12(16)9-14-13(17)15-7-5-11(6-8-15)10(2)3/h10-11H,4-9H2,1-3H3,(H,14,17). The second-order valence-corrected chi connectivity index (χ2v) is 5.03. The summed E-state index contributed by atoms with van der Waals surface area (Å²) in [6.07, 6.45) is 2.09. The summed E-state index contributed by atoms with van der Waals surface area (Å²) in [5, 5.41) is 2.59. The van der Waals surface area contributed by atoms with Gasteiger partial charge in [0, 0.05) is 13.1 Å². The highest BCUT2D eigenvalue weighted by atomic mass is 16.5. The van der Waals surface area contributed by atoms with Crippen molar-refractivity contribution in [3.63, 3.8) is 0 Å². The zero-order chi connectivity index (χ0) is 13.5. The first kappa shape index (κ1) is 14.8. The number of hydrogen-bond acceptors (Lipinski definition) is 3. The van der Waals surface area contributed by atoms with Gasteiger partial charge in [-0.15, -0.1) is 0 Å². The number of rotatable bonds is 4. The van der Waals surface area contributed by atoms with Crippen LogP contribution in [0.4, 0.5) is 4.79 Å². The predicted octanol–water partition coefficient (Wildman–Crippen LogP) is 1.63. The van der Waals surface area contributed by atoms with E-state index in [1.807, 2.05) is 0 Å². The lowest BCUT2D eigenvalue weighted by Gasteiger charge is -2.33. The molecule has 1 heterocycles. The number of esters is 1. The molecule has 5 nitrogen and oxygen atoms in total. The van der Waals surface area contributed by atoms with E-state index in [0.29, 0.717) is 18.4 Å². The highest BCUT2D eigenvalue weighted by Crippen LogP contribution is 2.24. The minimum Gasteiger partial charge on any atom is -0.465 e. The summed E-state index contributed by atoms with van der Waals surface area (Å²) in [6, 6.07) is -0.162. The summed E-state index contributed by atoms with van der Waals surface area (Å²) in [5.74, 6) is 0.997. The molecule has 1 aliphatic heterocycles. The number of carbonyl (C=O) groups is 2. The molecule has 1 rings (SSSR count). The molecule has 0 aromatic heterocycles. The Morgan fingerprint density at radius 1 is 1.33 bits per heavy atom. The summed E-state index contributed by atoms with van der Waals surface area (Å²) in [5.41, 5.74) is 0. The second kappa shape index (κ2) is 7.24. The maximum atomic E-state index is 11.8. The van der Waals surface area contributed by atoms with Crippen molar-refractivity contribution < 1.29 is 14.3 Å². The molecule has 0 aliphatic carbocycles. The van der Waals surface area contributed by atoms with Gasteiger partial charge in [0.25, 0.3) is 0 Å². The average Bonchev–Trinajstić information content (AvgIpc) is 2.36. The molecule has 0 aromatic carbocycles. The lowest BCUT2D eigenvalue weighted by atomic mass is 9.87. The normalized spacial score (nSPS) is 16.8. The van der Waals surface area contributed by atoms with Crippen LogP contribution in [0.5, 0.6) is 0 Å². The van der Waals surface area contributed by atoms with Gasteiger partial charge in [0.1, 0.15) is 6.54 Å². The van der Waals surface area contributed by atoms with Gasteiger partial charge in [-0.1, -0.05) is 13.8 Å². The maximum absolute atomic E-state index is 11.8. The number of carbonyl (C=O) groups excluding carboxylic acids is 2. The monoisotopic (exact) mass is 256 g/mol. The number of nitrogens with zero attached hydrogens (tertiary/aromatic N) is 1. The van der Waals surface area contributed by atoms with Gasteiger partial charge in [0.05, 0.1) is 6.61 Å². The van der Waals surface area contributed by atoms with Gasteiger partial charge in [-0.2, -0.15) is 0 Å². The summed E-state index contributed by atoms with van der Waals surface area (Å²) in [7, 11) is 0. The van der Waals surface area contributed by atoms with Crippen LogP contribution in [0.3, 0.4) is 0 Å². The van der Waals surface area contributed by atoms with Crippen molar-refractivity contribution in [2.24, 2.45) is 11.8 Å². The quantitative estimate of drug-likeness (QED) is 0.778. The van der Waals surface area contributed by atoms with Crippen molar-refractivity contribution in [3.05, 3.63) is 0 Å². The van der Waals surface area contributed by atoms with Crippen LogP contribution in [0.25, 0.3) is 0 Å². The van der Waals surface area contributed by atoms with Crippen molar-refractivity contribution in [1.29, 1.82) is 0 Å². The Kier molecular flexibility index (Phi) is 5.95. The number of nitrogens with one attached hydrogen (secondary N) is 1. The largest absolute Gasteiger partial charge is 0.465 e. The minimum atomic E-state index is -0.386. The predicted molar refractivity (Wildman–Crippen MR) is 69.2 cm³/mol. The van der Waals surface area contributed by atoms with E-state index < -0.39 is 0 Å². The van der Waals surface area contributed by atoms with Crippen molar-refractivity contribution in [1.82, 2.24) is 10.2 Å². The van der Waals surface area contributed by atoms with Gasteiger partial charge in [-0.3, -0.25) is 4.79 Å². The van der Waals surface area contributed by atoms with E-state index in [9.17, 15) is 9.59 Å². The van der Waals surface area contributed by atoms with Gasteiger partial charge in [0.15, 0.2) is 0 Å². The van der Waals surface area contributed by atoms with E-state index in [1.165, 1.54) is 0 Å². The zero-order valence-corrected chi connectivity index (χ0v) is 11.6. The fraction of sp³-hybridized carbons (Fsp3) is 0.846. The molecule has 0 radical (unpaired) electrons. The van der Waals surface area contributed by atoms with E-state index >= 15 is 0 Å². The fourth-order valence-electron chi connectivity index (χ4n) is 2.24. The first-order valence-corrected chi connectivity index (χ1v) is 6.73. The molecule has 0 bridgehead atoms. The van der Waals surface area contributed by atoms with E-state index in [2.05, 4.69) is 19.2 Å². The summed E-state index contributed by atoms with van der Waals surface area (Å²) < 4.78 is 4.76. The van der Waals surface area contributed by atoms with Crippen molar-refractivity contribution in [2.45, 2.75) is 33.6 Å². The number of ether oxygens (including phenoxy) is 1. The Morgan fingerprint density at radius 3 is 2.44 bits per heavy atom. The number of likely N-dealkylation sites (tertiary alicyclic amines) is 1. The number of urea groups is 1. The third-order valence-electron chi connectivity index (χ3n) is 3.46. The average molecular weight is 256 g/mol. The molecular formula is C13H24N2O3. The number of hydrogen-bond donors (Lipinski definition) is 1. The van der Waals surface area contributed by atoms with Crippen LogP contribution in [0, 0.1) is 11.8 Å². The molecule has 18 heavy (non-hydrogen) atoms. The first-order valence-electron chi connectivity index (χ1n) is 6.73. The molecule has 0 saturated carbocycles. The van der Waals surface area contributed by atoms with Crippen LogP contribution in [0.2, 0.25) is 0 Å². The minimum absolute atomic E-state index is 0.0449. The third-order valence-corrected chi connectivity index (χ3v) is 3.46. The summed E-state index contributed by atoms with van der Waals surface area (Å²) in [4.78, 5) is 24.7. The zero-order valence-electron chi connectivity index (χ0n) is 11.6. The Morgan fingerprint density at radius 2 is 1.94 bits per heavy atom. The lowest BCUT2D eigenvalue weighted by Crippen LogP contribution is -2.46. The van der Waals surface area contributed by atoms with Gasteiger partial charge < -0.3 is 15.0 Å². The molecule has 5 heteroatoms. The van der Waals surface area contributed by atoms with Crippen LogP contribution in [0.15, 0.2) is 0 Å². The molecule has 1 saturated heterocycles.